The topological polar surface area (TPSA) is 70.2 Å². The summed E-state index contributed by atoms with van der Waals surface area (Å²) in [4.78, 5) is 18.3. The van der Waals surface area contributed by atoms with E-state index in [0.717, 1.165) is 42.3 Å². The maximum Gasteiger partial charge on any atom is 0.255 e. The van der Waals surface area contributed by atoms with Crippen LogP contribution in [0.4, 0.5) is 5.69 Å². The summed E-state index contributed by atoms with van der Waals surface area (Å²) < 4.78 is 33.7. The molecule has 0 aromatic heterocycles. The lowest BCUT2D eigenvalue weighted by Gasteiger charge is -2.35. The number of sulfonamides is 1. The Balaban J connectivity index is 1.49. The van der Waals surface area contributed by atoms with Crippen LogP contribution in [0, 0.1) is 5.92 Å². The first-order valence-electron chi connectivity index (χ1n) is 11.7. The predicted molar refractivity (Wildman–Crippen MR) is 136 cm³/mol. The molecule has 2 saturated heterocycles. The van der Waals surface area contributed by atoms with Gasteiger partial charge in [-0.1, -0.05) is 6.92 Å². The van der Waals surface area contributed by atoms with Gasteiger partial charge in [-0.15, -0.1) is 11.8 Å². The number of hydrogen-bond donors (Lipinski definition) is 0. The number of carbonyl (C=O) groups excluding carboxylic acids is 1. The van der Waals surface area contributed by atoms with Crippen molar-refractivity contribution in [3.05, 3.63) is 48.0 Å². The average Bonchev–Trinajstić information content (AvgIpc) is 2.88. The van der Waals surface area contributed by atoms with E-state index < -0.39 is 10.0 Å². The molecule has 0 atom stereocenters. The van der Waals surface area contributed by atoms with Gasteiger partial charge in [-0.2, -0.15) is 4.31 Å². The van der Waals surface area contributed by atoms with Crippen molar-refractivity contribution < 1.29 is 17.9 Å². The number of anilines is 1. The largest absolute Gasteiger partial charge is 0.497 e. The minimum absolute atomic E-state index is 0.0716. The molecule has 9 heteroatoms. The third-order valence-electron chi connectivity index (χ3n) is 6.79. The van der Waals surface area contributed by atoms with Crippen LogP contribution in [0.5, 0.6) is 5.75 Å². The van der Waals surface area contributed by atoms with E-state index in [2.05, 4.69) is 11.8 Å². The summed E-state index contributed by atoms with van der Waals surface area (Å²) in [5, 5.41) is 0. The van der Waals surface area contributed by atoms with Gasteiger partial charge in [0.25, 0.3) is 5.91 Å². The molecule has 0 bridgehead atoms. The number of piperidine rings is 1. The van der Waals surface area contributed by atoms with Crippen LogP contribution in [0.25, 0.3) is 0 Å². The number of thioether (sulfide) groups is 1. The van der Waals surface area contributed by atoms with Gasteiger partial charge in [0.1, 0.15) is 5.75 Å². The molecule has 0 N–H and O–H groups in total. The quantitative estimate of drug-likeness (QED) is 0.559. The van der Waals surface area contributed by atoms with Gasteiger partial charge < -0.3 is 14.5 Å². The lowest BCUT2D eigenvalue weighted by molar-refractivity contribution is 0.0693. The van der Waals surface area contributed by atoms with E-state index in [1.165, 1.54) is 16.1 Å². The van der Waals surface area contributed by atoms with Crippen LogP contribution in [0.1, 0.15) is 30.1 Å². The molecule has 4 rings (SSSR count). The van der Waals surface area contributed by atoms with Crippen molar-refractivity contribution in [1.82, 2.24) is 9.21 Å². The Morgan fingerprint density at radius 2 is 1.62 bits per heavy atom. The van der Waals surface area contributed by atoms with Crippen molar-refractivity contribution in [2.45, 2.75) is 29.6 Å². The smallest absolute Gasteiger partial charge is 0.255 e. The Bertz CT molecular complexity index is 1110. The number of likely N-dealkylation sites (tertiary alicyclic amines) is 1. The fourth-order valence-electron chi connectivity index (χ4n) is 4.53. The van der Waals surface area contributed by atoms with Gasteiger partial charge in [0, 0.05) is 49.9 Å². The molecule has 0 spiro atoms. The average molecular weight is 504 g/mol. The Morgan fingerprint density at radius 1 is 0.971 bits per heavy atom. The summed E-state index contributed by atoms with van der Waals surface area (Å²) in [6, 6.07) is 12.8. The van der Waals surface area contributed by atoms with E-state index in [0.29, 0.717) is 37.7 Å². The lowest BCUT2D eigenvalue weighted by atomic mass is 9.98. The summed E-state index contributed by atoms with van der Waals surface area (Å²) in [5.74, 6) is 1.34. The minimum Gasteiger partial charge on any atom is -0.497 e. The zero-order valence-electron chi connectivity index (χ0n) is 20.1. The second kappa shape index (κ2) is 10.6. The number of carbonyl (C=O) groups is 1. The van der Waals surface area contributed by atoms with Gasteiger partial charge >= 0.3 is 0 Å². The molecule has 2 aliphatic rings. The van der Waals surface area contributed by atoms with Crippen molar-refractivity contribution in [3.63, 3.8) is 0 Å². The van der Waals surface area contributed by atoms with Gasteiger partial charge in [0.15, 0.2) is 0 Å². The normalized spacial score (nSPS) is 18.2. The Labute approximate surface area is 207 Å². The summed E-state index contributed by atoms with van der Waals surface area (Å²) >= 11 is 1.47. The second-order valence-corrected chi connectivity index (χ2v) is 11.7. The van der Waals surface area contributed by atoms with Crippen LogP contribution in [0.3, 0.4) is 0 Å². The van der Waals surface area contributed by atoms with E-state index in [4.69, 9.17) is 4.74 Å². The number of methoxy groups -OCH3 is 1. The molecule has 184 valence electrons. The summed E-state index contributed by atoms with van der Waals surface area (Å²) in [6.07, 6.45) is 3.88. The van der Waals surface area contributed by atoms with Gasteiger partial charge in [-0.05, 0) is 67.5 Å². The highest BCUT2D eigenvalue weighted by Crippen LogP contribution is 2.29. The van der Waals surface area contributed by atoms with Crippen LogP contribution in [-0.2, 0) is 10.0 Å². The van der Waals surface area contributed by atoms with Crippen molar-refractivity contribution in [2.75, 3.05) is 57.5 Å². The number of rotatable bonds is 6. The van der Waals surface area contributed by atoms with Crippen LogP contribution in [0.15, 0.2) is 52.3 Å². The highest BCUT2D eigenvalue weighted by molar-refractivity contribution is 7.98. The third-order valence-corrected chi connectivity index (χ3v) is 9.48. The Morgan fingerprint density at radius 3 is 2.21 bits per heavy atom. The first-order valence-corrected chi connectivity index (χ1v) is 14.4. The molecule has 7 nitrogen and oxygen atoms in total. The molecule has 0 saturated carbocycles. The highest BCUT2D eigenvalue weighted by Gasteiger charge is 2.31. The molecule has 2 aliphatic heterocycles. The van der Waals surface area contributed by atoms with E-state index in [1.807, 2.05) is 35.4 Å². The van der Waals surface area contributed by atoms with Crippen LogP contribution >= 0.6 is 11.8 Å². The molecule has 1 amide bonds. The second-order valence-electron chi connectivity index (χ2n) is 8.93. The third kappa shape index (κ3) is 5.21. The standard InChI is InChI=1S/C25H33N3O4S2/c1-19-10-12-27(13-11-19)25(29)23-18-22(8-9-24(23)33-3)34(30,31)28-16-14-26(15-17-28)20-4-6-21(32-2)7-5-20/h4-9,18-19H,10-17H2,1-3H3. The molecule has 0 unspecified atom stereocenters. The molecule has 34 heavy (non-hydrogen) atoms. The monoisotopic (exact) mass is 503 g/mol. The van der Waals surface area contributed by atoms with E-state index in [-0.39, 0.29) is 10.8 Å². The summed E-state index contributed by atoms with van der Waals surface area (Å²) in [5.41, 5.74) is 1.53. The molecular weight excluding hydrogens is 470 g/mol. The number of ether oxygens (including phenoxy) is 1. The maximum absolute atomic E-state index is 13.5. The van der Waals surface area contributed by atoms with Crippen LogP contribution in [-0.4, -0.2) is 76.2 Å². The van der Waals surface area contributed by atoms with Crippen LogP contribution in [0.2, 0.25) is 0 Å². The molecular formula is C25H33N3O4S2. The first-order chi connectivity index (χ1) is 16.3. The molecule has 0 radical (unpaired) electrons. The zero-order valence-corrected chi connectivity index (χ0v) is 21.7. The SMILES string of the molecule is COc1ccc(N2CCN(S(=O)(=O)c3ccc(SC)c(C(=O)N4CCC(C)CC4)c3)CC2)cc1. The maximum atomic E-state index is 13.5. The molecule has 2 aromatic carbocycles. The van der Waals surface area contributed by atoms with Gasteiger partial charge in [0.05, 0.1) is 17.6 Å². The van der Waals surface area contributed by atoms with Crippen molar-refractivity contribution in [1.29, 1.82) is 0 Å². The highest BCUT2D eigenvalue weighted by atomic mass is 32.2. The predicted octanol–water partition coefficient (Wildman–Crippen LogP) is 3.80. The fraction of sp³-hybridized carbons (Fsp3) is 0.480. The fourth-order valence-corrected chi connectivity index (χ4v) is 6.54. The summed E-state index contributed by atoms with van der Waals surface area (Å²) in [7, 11) is -2.06. The molecule has 0 aliphatic carbocycles. The van der Waals surface area contributed by atoms with E-state index in [9.17, 15) is 13.2 Å². The molecule has 2 aromatic rings. The number of piperazine rings is 1. The Kier molecular flexibility index (Phi) is 7.74. The molecule has 2 heterocycles. The van der Waals surface area contributed by atoms with Crippen molar-refractivity contribution in [3.8, 4) is 5.75 Å². The van der Waals surface area contributed by atoms with Gasteiger partial charge in [0.2, 0.25) is 10.0 Å². The zero-order chi connectivity index (χ0) is 24.3. The number of hydrogen-bond acceptors (Lipinski definition) is 6. The van der Waals surface area contributed by atoms with E-state index in [1.54, 1.807) is 25.3 Å². The van der Waals surface area contributed by atoms with Gasteiger partial charge in [-0.3, -0.25) is 4.79 Å². The first kappa shape index (κ1) is 24.9. The minimum atomic E-state index is -3.69. The summed E-state index contributed by atoms with van der Waals surface area (Å²) in [6.45, 7) is 5.64. The number of nitrogens with zero attached hydrogens (tertiary/aromatic N) is 3. The number of amides is 1. The van der Waals surface area contributed by atoms with Crippen molar-refractivity contribution >= 4 is 33.4 Å². The lowest BCUT2D eigenvalue weighted by Crippen LogP contribution is -2.48. The molecule has 2 fully saturated rings. The number of benzene rings is 2. The van der Waals surface area contributed by atoms with E-state index >= 15 is 0 Å². The van der Waals surface area contributed by atoms with Gasteiger partial charge in [-0.25, -0.2) is 8.42 Å². The Hall–Kier alpha value is -2.23. The van der Waals surface area contributed by atoms with Crippen LogP contribution < -0.4 is 9.64 Å². The van der Waals surface area contributed by atoms with Crippen molar-refractivity contribution in [2.24, 2.45) is 5.92 Å².